The molecule has 0 saturated heterocycles. The molecule has 0 amide bonds. The van der Waals surface area contributed by atoms with Gasteiger partial charge in [-0.05, 0) is 0 Å². The summed E-state index contributed by atoms with van der Waals surface area (Å²) < 4.78 is 0. The molecule has 0 aromatic heterocycles. The SMILES string of the molecule is C=CC[Se]CCC. The molecule has 0 atom stereocenters. The van der Waals surface area contributed by atoms with Gasteiger partial charge in [0.05, 0.1) is 0 Å². The van der Waals surface area contributed by atoms with E-state index in [2.05, 4.69) is 13.5 Å². The molecular formula is C6H12Se. The van der Waals surface area contributed by atoms with Crippen LogP contribution in [-0.2, 0) is 0 Å². The maximum absolute atomic E-state index is 3.65. The van der Waals surface area contributed by atoms with Crippen LogP contribution in [0.15, 0.2) is 12.7 Å². The van der Waals surface area contributed by atoms with Gasteiger partial charge in [-0.2, -0.15) is 0 Å². The van der Waals surface area contributed by atoms with Crippen LogP contribution in [0.1, 0.15) is 13.3 Å². The monoisotopic (exact) mass is 164 g/mol. The molecule has 0 unspecified atom stereocenters. The van der Waals surface area contributed by atoms with Gasteiger partial charge in [0.1, 0.15) is 0 Å². The predicted molar refractivity (Wildman–Crippen MR) is 35.9 cm³/mol. The number of hydrogen-bond acceptors (Lipinski definition) is 0. The van der Waals surface area contributed by atoms with E-state index < -0.39 is 0 Å². The van der Waals surface area contributed by atoms with E-state index in [9.17, 15) is 0 Å². The molecule has 0 radical (unpaired) electrons. The zero-order valence-electron chi connectivity index (χ0n) is 4.81. The fraction of sp³-hybridized carbons (Fsp3) is 0.667. The topological polar surface area (TPSA) is 0 Å². The molecular weight excluding hydrogens is 151 g/mol. The van der Waals surface area contributed by atoms with Gasteiger partial charge in [-0.15, -0.1) is 0 Å². The van der Waals surface area contributed by atoms with Crippen molar-refractivity contribution in [1.29, 1.82) is 0 Å². The van der Waals surface area contributed by atoms with Crippen molar-refractivity contribution >= 4 is 15.0 Å². The Morgan fingerprint density at radius 3 is 2.86 bits per heavy atom. The summed E-state index contributed by atoms with van der Waals surface area (Å²) in [5.41, 5.74) is 0. The Morgan fingerprint density at radius 2 is 2.43 bits per heavy atom. The van der Waals surface area contributed by atoms with Gasteiger partial charge < -0.3 is 0 Å². The third kappa shape index (κ3) is 6.26. The van der Waals surface area contributed by atoms with Crippen molar-refractivity contribution in [1.82, 2.24) is 0 Å². The molecule has 0 rings (SSSR count). The first kappa shape index (κ1) is 7.26. The summed E-state index contributed by atoms with van der Waals surface area (Å²) in [5.74, 6) is 0. The van der Waals surface area contributed by atoms with E-state index in [0.717, 1.165) is 15.0 Å². The van der Waals surface area contributed by atoms with Gasteiger partial charge in [0.2, 0.25) is 0 Å². The molecule has 0 fully saturated rings. The third-order valence-corrected chi connectivity index (χ3v) is 3.04. The summed E-state index contributed by atoms with van der Waals surface area (Å²) in [4.78, 5) is 0. The van der Waals surface area contributed by atoms with Crippen LogP contribution in [0.3, 0.4) is 0 Å². The summed E-state index contributed by atoms with van der Waals surface area (Å²) in [6.07, 6.45) is 3.35. The number of allylic oxidation sites excluding steroid dienone is 1. The average molecular weight is 163 g/mol. The first-order valence-electron chi connectivity index (χ1n) is 2.60. The van der Waals surface area contributed by atoms with E-state index in [-0.39, 0.29) is 0 Å². The van der Waals surface area contributed by atoms with Gasteiger partial charge in [-0.25, -0.2) is 0 Å². The summed E-state index contributed by atoms with van der Waals surface area (Å²) in [6.45, 7) is 5.88. The third-order valence-electron chi connectivity index (χ3n) is 0.584. The fourth-order valence-electron chi connectivity index (χ4n) is 0.311. The van der Waals surface area contributed by atoms with Gasteiger partial charge in [0.15, 0.2) is 0 Å². The molecule has 42 valence electrons. The molecule has 0 nitrogen and oxygen atoms in total. The van der Waals surface area contributed by atoms with Crippen molar-refractivity contribution in [3.8, 4) is 0 Å². The van der Waals surface area contributed by atoms with Crippen molar-refractivity contribution in [2.45, 2.75) is 24.0 Å². The van der Waals surface area contributed by atoms with Crippen molar-refractivity contribution in [2.24, 2.45) is 0 Å². The molecule has 0 spiro atoms. The van der Waals surface area contributed by atoms with Crippen LogP contribution in [0.2, 0.25) is 10.6 Å². The molecule has 0 aliphatic heterocycles. The van der Waals surface area contributed by atoms with Crippen molar-refractivity contribution in [3.63, 3.8) is 0 Å². The Balaban J connectivity index is 2.56. The molecule has 0 bridgehead atoms. The van der Waals surface area contributed by atoms with Crippen LogP contribution >= 0.6 is 0 Å². The van der Waals surface area contributed by atoms with Crippen LogP contribution in [0.25, 0.3) is 0 Å². The second-order valence-corrected chi connectivity index (χ2v) is 3.78. The first-order chi connectivity index (χ1) is 3.41. The number of rotatable bonds is 4. The molecule has 0 saturated carbocycles. The van der Waals surface area contributed by atoms with E-state index in [1.807, 2.05) is 6.08 Å². The second kappa shape index (κ2) is 6.26. The van der Waals surface area contributed by atoms with Gasteiger partial charge in [0, 0.05) is 0 Å². The standard InChI is InChI=1S/C6H12Se/c1-3-5-7-6-4-2/h3H,1,4-6H2,2H3. The Kier molecular flexibility index (Phi) is 6.49. The number of hydrogen-bond donors (Lipinski definition) is 0. The van der Waals surface area contributed by atoms with E-state index in [1.165, 1.54) is 17.1 Å². The van der Waals surface area contributed by atoms with Crippen LogP contribution in [0.4, 0.5) is 0 Å². The molecule has 7 heavy (non-hydrogen) atoms. The van der Waals surface area contributed by atoms with Crippen LogP contribution in [0.5, 0.6) is 0 Å². The first-order valence-corrected chi connectivity index (χ1v) is 5.02. The summed E-state index contributed by atoms with van der Waals surface area (Å²) in [6, 6.07) is 0. The minimum atomic E-state index is 0.858. The molecule has 0 N–H and O–H groups in total. The van der Waals surface area contributed by atoms with E-state index >= 15 is 0 Å². The molecule has 0 heterocycles. The Hall–Kier alpha value is 0.259. The zero-order valence-corrected chi connectivity index (χ0v) is 6.53. The summed E-state index contributed by atoms with van der Waals surface area (Å²) >= 11 is 0.858. The van der Waals surface area contributed by atoms with E-state index in [4.69, 9.17) is 0 Å². The fourth-order valence-corrected chi connectivity index (χ4v) is 1.62. The van der Waals surface area contributed by atoms with E-state index in [1.54, 1.807) is 0 Å². The van der Waals surface area contributed by atoms with Gasteiger partial charge in [-0.3, -0.25) is 0 Å². The molecule has 0 aliphatic carbocycles. The predicted octanol–water partition coefficient (Wildman–Crippen LogP) is 2.12. The van der Waals surface area contributed by atoms with Gasteiger partial charge >= 0.3 is 51.6 Å². The average Bonchev–Trinajstić information content (AvgIpc) is 1.69. The zero-order chi connectivity index (χ0) is 5.54. The van der Waals surface area contributed by atoms with Gasteiger partial charge in [-0.1, -0.05) is 0 Å². The Bertz CT molecular complexity index is 41.4. The summed E-state index contributed by atoms with van der Waals surface area (Å²) in [5, 5.41) is 2.67. The molecule has 0 aromatic carbocycles. The van der Waals surface area contributed by atoms with Crippen LogP contribution < -0.4 is 0 Å². The normalized spacial score (nSPS) is 8.71. The molecule has 0 aliphatic rings. The Morgan fingerprint density at radius 1 is 1.71 bits per heavy atom. The maximum atomic E-state index is 3.65. The van der Waals surface area contributed by atoms with Crippen molar-refractivity contribution < 1.29 is 0 Å². The quantitative estimate of drug-likeness (QED) is 0.338. The molecule has 1 heteroatoms. The molecule has 0 aromatic rings. The van der Waals surface area contributed by atoms with Crippen molar-refractivity contribution in [3.05, 3.63) is 12.7 Å². The minimum absolute atomic E-state index is 0.858. The van der Waals surface area contributed by atoms with Gasteiger partial charge in [0.25, 0.3) is 0 Å². The van der Waals surface area contributed by atoms with E-state index in [0.29, 0.717) is 0 Å². The van der Waals surface area contributed by atoms with Crippen molar-refractivity contribution in [2.75, 3.05) is 0 Å². The second-order valence-electron chi connectivity index (χ2n) is 1.36. The van der Waals surface area contributed by atoms with Crippen LogP contribution in [-0.4, -0.2) is 15.0 Å². The van der Waals surface area contributed by atoms with Crippen LogP contribution in [0, 0.1) is 0 Å². The Labute approximate surface area is 52.2 Å². The summed E-state index contributed by atoms with van der Waals surface area (Å²) in [7, 11) is 0.